The van der Waals surface area contributed by atoms with Crippen molar-refractivity contribution in [2.75, 3.05) is 6.54 Å². The number of amides is 4. The highest BCUT2D eigenvalue weighted by atomic mass is 19.3. The lowest BCUT2D eigenvalue weighted by atomic mass is 9.64. The van der Waals surface area contributed by atoms with Gasteiger partial charge in [-0.15, -0.1) is 0 Å². The summed E-state index contributed by atoms with van der Waals surface area (Å²) < 4.78 is 29.5. The maximum Gasteiger partial charge on any atom is 0.387 e. The molecule has 9 heteroatoms. The standard InChI is InChI=1S/C27H31F2N3O4/c1-17-13-26(2,3)16-27(14-17)23(34)32(25(35)31-27)15-21(33)30-22(18-7-5-4-6-8-18)19-9-11-20(12-10-19)36-24(28)29/h4-12,17,22,24H,13-16H2,1-3H3,(H,30,33)(H,31,35). The number of carbonyl (C=O) groups excluding carboxylic acids is 3. The number of nitrogens with one attached hydrogen (secondary N) is 2. The Bertz CT molecular complexity index is 1120. The van der Waals surface area contributed by atoms with E-state index in [1.54, 1.807) is 12.1 Å². The molecule has 3 atom stereocenters. The number of carbonyl (C=O) groups is 3. The SMILES string of the molecule is CC1CC(C)(C)CC2(C1)NC(=O)N(CC(=O)NC(c1ccccc1)c1ccc(OC(F)F)cc1)C2=O. The van der Waals surface area contributed by atoms with Crippen molar-refractivity contribution in [3.63, 3.8) is 0 Å². The number of ether oxygens (including phenoxy) is 1. The minimum Gasteiger partial charge on any atom is -0.435 e. The predicted molar refractivity (Wildman–Crippen MR) is 129 cm³/mol. The molecule has 2 fully saturated rings. The van der Waals surface area contributed by atoms with Gasteiger partial charge in [0.2, 0.25) is 5.91 Å². The Labute approximate surface area is 209 Å². The van der Waals surface area contributed by atoms with Crippen LogP contribution < -0.4 is 15.4 Å². The number of imide groups is 1. The summed E-state index contributed by atoms with van der Waals surface area (Å²) in [6, 6.07) is 13.9. The first-order chi connectivity index (χ1) is 17.0. The topological polar surface area (TPSA) is 87.7 Å². The summed E-state index contributed by atoms with van der Waals surface area (Å²) in [5.74, 6) is -0.625. The van der Waals surface area contributed by atoms with Gasteiger partial charge in [0.1, 0.15) is 17.8 Å². The summed E-state index contributed by atoms with van der Waals surface area (Å²) in [5, 5.41) is 5.77. The van der Waals surface area contributed by atoms with Crippen molar-refractivity contribution in [2.45, 2.75) is 58.2 Å². The van der Waals surface area contributed by atoms with Gasteiger partial charge in [0.15, 0.2) is 0 Å². The van der Waals surface area contributed by atoms with Gasteiger partial charge in [-0.25, -0.2) is 4.79 Å². The summed E-state index contributed by atoms with van der Waals surface area (Å²) in [4.78, 5) is 40.3. The molecule has 0 bridgehead atoms. The van der Waals surface area contributed by atoms with E-state index in [2.05, 4.69) is 36.1 Å². The highest BCUT2D eigenvalue weighted by Crippen LogP contribution is 2.46. The molecular formula is C27H31F2N3O4. The number of benzene rings is 2. The Morgan fingerprint density at radius 2 is 1.72 bits per heavy atom. The Morgan fingerprint density at radius 1 is 1.08 bits per heavy atom. The molecule has 2 aromatic carbocycles. The minimum atomic E-state index is -2.94. The third-order valence-electron chi connectivity index (χ3n) is 6.80. The van der Waals surface area contributed by atoms with E-state index < -0.39 is 36.7 Å². The monoisotopic (exact) mass is 499 g/mol. The number of nitrogens with zero attached hydrogens (tertiary/aromatic N) is 1. The zero-order valence-electron chi connectivity index (χ0n) is 20.6. The van der Waals surface area contributed by atoms with Crippen molar-refractivity contribution in [3.05, 3.63) is 65.7 Å². The number of halogens is 2. The molecule has 1 aliphatic carbocycles. The predicted octanol–water partition coefficient (Wildman–Crippen LogP) is 4.63. The second kappa shape index (κ2) is 9.87. The molecule has 2 aromatic rings. The van der Waals surface area contributed by atoms with E-state index in [4.69, 9.17) is 0 Å². The van der Waals surface area contributed by atoms with Crippen LogP contribution in [-0.2, 0) is 9.59 Å². The van der Waals surface area contributed by atoms with Crippen molar-refractivity contribution in [1.29, 1.82) is 0 Å². The molecule has 7 nitrogen and oxygen atoms in total. The molecule has 4 rings (SSSR count). The number of alkyl halides is 2. The highest BCUT2D eigenvalue weighted by Gasteiger charge is 2.56. The molecule has 1 heterocycles. The van der Waals surface area contributed by atoms with E-state index in [9.17, 15) is 23.2 Å². The quantitative estimate of drug-likeness (QED) is 0.544. The second-order valence-electron chi connectivity index (χ2n) is 10.6. The number of hydrogen-bond acceptors (Lipinski definition) is 4. The molecule has 4 amide bonds. The molecule has 2 aliphatic rings. The first-order valence-corrected chi connectivity index (χ1v) is 12.0. The highest BCUT2D eigenvalue weighted by molar-refractivity contribution is 6.09. The van der Waals surface area contributed by atoms with E-state index in [-0.39, 0.29) is 23.0 Å². The van der Waals surface area contributed by atoms with Crippen molar-refractivity contribution in [3.8, 4) is 5.75 Å². The fourth-order valence-electron chi connectivity index (χ4n) is 5.85. The fraction of sp³-hybridized carbons (Fsp3) is 0.444. The third kappa shape index (κ3) is 5.50. The summed E-state index contributed by atoms with van der Waals surface area (Å²) in [6.45, 7) is 2.88. The zero-order valence-corrected chi connectivity index (χ0v) is 20.6. The zero-order chi connectivity index (χ0) is 26.1. The van der Waals surface area contributed by atoms with Crippen molar-refractivity contribution < 1.29 is 27.9 Å². The molecule has 2 N–H and O–H groups in total. The minimum absolute atomic E-state index is 0.00107. The average Bonchev–Trinajstić information content (AvgIpc) is 3.00. The summed E-state index contributed by atoms with van der Waals surface area (Å²) in [6.07, 6.45) is 2.02. The maximum absolute atomic E-state index is 13.4. The van der Waals surface area contributed by atoms with Crippen LogP contribution in [0.3, 0.4) is 0 Å². The van der Waals surface area contributed by atoms with E-state index in [1.165, 1.54) is 12.1 Å². The van der Waals surface area contributed by atoms with E-state index in [0.29, 0.717) is 18.4 Å². The van der Waals surface area contributed by atoms with Gasteiger partial charge in [-0.3, -0.25) is 14.5 Å². The van der Waals surface area contributed by atoms with Gasteiger partial charge in [0.25, 0.3) is 5.91 Å². The molecule has 1 saturated carbocycles. The molecule has 3 unspecified atom stereocenters. The van der Waals surface area contributed by atoms with Crippen LogP contribution in [0.2, 0.25) is 0 Å². The number of hydrogen-bond donors (Lipinski definition) is 2. The number of urea groups is 1. The second-order valence-corrected chi connectivity index (χ2v) is 10.6. The van der Waals surface area contributed by atoms with Crippen molar-refractivity contribution in [1.82, 2.24) is 15.5 Å². The smallest absolute Gasteiger partial charge is 0.387 e. The van der Waals surface area contributed by atoms with E-state index >= 15 is 0 Å². The van der Waals surface area contributed by atoms with Crippen LogP contribution in [0.5, 0.6) is 5.75 Å². The van der Waals surface area contributed by atoms with E-state index in [1.807, 2.05) is 30.3 Å². The average molecular weight is 500 g/mol. The van der Waals surface area contributed by atoms with Crippen LogP contribution >= 0.6 is 0 Å². The summed E-state index contributed by atoms with van der Waals surface area (Å²) in [5.41, 5.74) is 0.285. The first-order valence-electron chi connectivity index (χ1n) is 12.0. The van der Waals surface area contributed by atoms with E-state index in [0.717, 1.165) is 16.9 Å². The molecule has 1 spiro atoms. The van der Waals surface area contributed by atoms with Gasteiger partial charge in [0.05, 0.1) is 6.04 Å². The van der Waals surface area contributed by atoms with Crippen molar-refractivity contribution in [2.24, 2.45) is 11.3 Å². The van der Waals surface area contributed by atoms with Crippen molar-refractivity contribution >= 4 is 17.8 Å². The normalized spacial score (nSPS) is 24.1. The van der Waals surface area contributed by atoms with Crippen LogP contribution in [0.4, 0.5) is 13.6 Å². The van der Waals surface area contributed by atoms with Crippen LogP contribution in [0.25, 0.3) is 0 Å². The molecule has 1 aliphatic heterocycles. The molecular weight excluding hydrogens is 468 g/mol. The third-order valence-corrected chi connectivity index (χ3v) is 6.80. The lowest BCUT2D eigenvalue weighted by Gasteiger charge is -2.43. The fourth-order valence-corrected chi connectivity index (χ4v) is 5.85. The molecule has 192 valence electrons. The Kier molecular flexibility index (Phi) is 7.02. The van der Waals surface area contributed by atoms with Crippen LogP contribution in [-0.4, -0.2) is 41.4 Å². The summed E-state index contributed by atoms with van der Waals surface area (Å²) in [7, 11) is 0. The first kappa shape index (κ1) is 25.6. The van der Waals surface area contributed by atoms with Gasteiger partial charge in [0, 0.05) is 0 Å². The van der Waals surface area contributed by atoms with Crippen LogP contribution in [0.15, 0.2) is 54.6 Å². The molecule has 36 heavy (non-hydrogen) atoms. The van der Waals surface area contributed by atoms with Crippen LogP contribution in [0, 0.1) is 11.3 Å². The van der Waals surface area contributed by atoms with Gasteiger partial charge in [-0.1, -0.05) is 63.2 Å². The van der Waals surface area contributed by atoms with Gasteiger partial charge < -0.3 is 15.4 Å². The molecule has 1 saturated heterocycles. The molecule has 0 aromatic heterocycles. The molecule has 0 radical (unpaired) electrons. The van der Waals surface area contributed by atoms with Crippen LogP contribution in [0.1, 0.15) is 57.2 Å². The summed E-state index contributed by atoms with van der Waals surface area (Å²) >= 11 is 0. The number of rotatable bonds is 7. The van der Waals surface area contributed by atoms with Gasteiger partial charge >= 0.3 is 12.6 Å². The largest absolute Gasteiger partial charge is 0.435 e. The van der Waals surface area contributed by atoms with Gasteiger partial charge in [-0.2, -0.15) is 8.78 Å². The Balaban J connectivity index is 1.51. The lowest BCUT2D eigenvalue weighted by molar-refractivity contribution is -0.137. The lowest BCUT2D eigenvalue weighted by Crippen LogP contribution is -2.54. The Hall–Kier alpha value is -3.49. The maximum atomic E-state index is 13.4. The van der Waals surface area contributed by atoms with Gasteiger partial charge in [-0.05, 0) is 53.9 Å². The Morgan fingerprint density at radius 3 is 2.33 bits per heavy atom.